The number of carbonyl (C=O) groups is 2. The first-order valence-electron chi connectivity index (χ1n) is 12.2. The molecule has 0 aromatic heterocycles. The predicted molar refractivity (Wildman–Crippen MR) is 146 cm³/mol. The molecule has 0 aliphatic carbocycles. The van der Waals surface area contributed by atoms with Gasteiger partial charge in [-0.15, -0.1) is 11.8 Å². The van der Waals surface area contributed by atoms with Gasteiger partial charge in [0.05, 0.1) is 0 Å². The summed E-state index contributed by atoms with van der Waals surface area (Å²) in [6, 6.07) is 22.6. The van der Waals surface area contributed by atoms with Crippen LogP contribution >= 0.6 is 23.4 Å². The zero-order chi connectivity index (χ0) is 25.8. The second kappa shape index (κ2) is 14.7. The number of unbranched alkanes of at least 4 members (excludes halogenated alkanes) is 1. The molecule has 2 amide bonds. The van der Waals surface area contributed by atoms with Crippen LogP contribution in [0.15, 0.2) is 83.8 Å². The van der Waals surface area contributed by atoms with Crippen molar-refractivity contribution in [3.05, 3.63) is 101 Å². The van der Waals surface area contributed by atoms with Crippen LogP contribution in [0.3, 0.4) is 0 Å². The summed E-state index contributed by atoms with van der Waals surface area (Å²) >= 11 is 7.54. The molecule has 1 N–H and O–H groups in total. The van der Waals surface area contributed by atoms with E-state index in [1.54, 1.807) is 28.8 Å². The van der Waals surface area contributed by atoms with Gasteiger partial charge < -0.3 is 10.2 Å². The van der Waals surface area contributed by atoms with Crippen molar-refractivity contribution in [2.24, 2.45) is 0 Å². The van der Waals surface area contributed by atoms with Crippen molar-refractivity contribution < 1.29 is 14.0 Å². The standard InChI is InChI=1S/C29H32ClFN2O2S/c1-2-3-18-32-29(35)27(20-22-7-5-4-6-8-22)33(21-23-9-13-25(31)14-10-23)28(34)17-19-36-26-15-11-24(30)12-16-26/h4-16,27H,2-3,17-21H2,1H3,(H,32,35). The van der Waals surface area contributed by atoms with Crippen molar-refractivity contribution in [2.75, 3.05) is 12.3 Å². The van der Waals surface area contributed by atoms with Gasteiger partial charge in [-0.25, -0.2) is 4.39 Å². The average molecular weight is 527 g/mol. The van der Waals surface area contributed by atoms with Crippen LogP contribution in [0.25, 0.3) is 0 Å². The maximum atomic E-state index is 13.6. The molecule has 0 aliphatic heterocycles. The highest BCUT2D eigenvalue weighted by atomic mass is 35.5. The average Bonchev–Trinajstić information content (AvgIpc) is 2.89. The Morgan fingerprint density at radius 3 is 2.33 bits per heavy atom. The molecule has 4 nitrogen and oxygen atoms in total. The van der Waals surface area contributed by atoms with Crippen LogP contribution in [0.4, 0.5) is 4.39 Å². The third-order valence-electron chi connectivity index (χ3n) is 5.77. The van der Waals surface area contributed by atoms with E-state index in [9.17, 15) is 14.0 Å². The Balaban J connectivity index is 1.81. The highest BCUT2D eigenvalue weighted by Crippen LogP contribution is 2.22. The van der Waals surface area contributed by atoms with Gasteiger partial charge in [0.15, 0.2) is 0 Å². The summed E-state index contributed by atoms with van der Waals surface area (Å²) in [5.74, 6) is -0.0646. The monoisotopic (exact) mass is 526 g/mol. The number of rotatable bonds is 13. The van der Waals surface area contributed by atoms with Crippen LogP contribution in [-0.2, 0) is 22.6 Å². The van der Waals surface area contributed by atoms with E-state index >= 15 is 0 Å². The van der Waals surface area contributed by atoms with Gasteiger partial charge in [0.25, 0.3) is 0 Å². The number of benzene rings is 3. The molecule has 0 bridgehead atoms. The highest BCUT2D eigenvalue weighted by Gasteiger charge is 2.30. The molecule has 0 aliphatic rings. The molecule has 7 heteroatoms. The van der Waals surface area contributed by atoms with Gasteiger partial charge in [-0.05, 0) is 53.9 Å². The Hall–Kier alpha value is -2.83. The zero-order valence-electron chi connectivity index (χ0n) is 20.5. The normalized spacial score (nSPS) is 11.6. The molecule has 1 atom stereocenters. The number of hydrogen-bond donors (Lipinski definition) is 1. The molecule has 190 valence electrons. The maximum Gasteiger partial charge on any atom is 0.243 e. The largest absolute Gasteiger partial charge is 0.354 e. The SMILES string of the molecule is CCCCNC(=O)C(Cc1ccccc1)N(Cc1ccc(F)cc1)C(=O)CCSc1ccc(Cl)cc1. The number of amides is 2. The summed E-state index contributed by atoms with van der Waals surface area (Å²) in [5, 5.41) is 3.68. The Labute approximate surface area is 222 Å². The maximum absolute atomic E-state index is 13.6. The summed E-state index contributed by atoms with van der Waals surface area (Å²) in [6.45, 7) is 2.85. The first-order chi connectivity index (χ1) is 17.5. The summed E-state index contributed by atoms with van der Waals surface area (Å²) in [5.41, 5.74) is 1.75. The summed E-state index contributed by atoms with van der Waals surface area (Å²) in [7, 11) is 0. The minimum Gasteiger partial charge on any atom is -0.354 e. The fraction of sp³-hybridized carbons (Fsp3) is 0.310. The summed E-state index contributed by atoms with van der Waals surface area (Å²) < 4.78 is 13.5. The third-order valence-corrected chi connectivity index (χ3v) is 7.03. The van der Waals surface area contributed by atoms with E-state index in [-0.39, 0.29) is 30.6 Å². The number of halogens is 2. The molecule has 0 saturated heterocycles. The smallest absolute Gasteiger partial charge is 0.243 e. The van der Waals surface area contributed by atoms with Crippen LogP contribution in [0.5, 0.6) is 0 Å². The van der Waals surface area contributed by atoms with Crippen molar-refractivity contribution in [3.63, 3.8) is 0 Å². The topological polar surface area (TPSA) is 49.4 Å². The fourth-order valence-corrected chi connectivity index (χ4v) is 4.74. The molecule has 3 aromatic rings. The lowest BCUT2D eigenvalue weighted by Gasteiger charge is -2.31. The van der Waals surface area contributed by atoms with Crippen molar-refractivity contribution in [3.8, 4) is 0 Å². The van der Waals surface area contributed by atoms with Crippen LogP contribution in [-0.4, -0.2) is 35.1 Å². The van der Waals surface area contributed by atoms with Gasteiger partial charge in [-0.1, -0.05) is 67.4 Å². The molecule has 0 saturated carbocycles. The van der Waals surface area contributed by atoms with Crippen LogP contribution in [0, 0.1) is 5.82 Å². The molecule has 3 rings (SSSR count). The first kappa shape index (κ1) is 27.8. The number of nitrogens with one attached hydrogen (secondary N) is 1. The van der Waals surface area contributed by atoms with E-state index in [2.05, 4.69) is 12.2 Å². The zero-order valence-corrected chi connectivity index (χ0v) is 22.0. The van der Waals surface area contributed by atoms with Gasteiger partial charge >= 0.3 is 0 Å². The van der Waals surface area contributed by atoms with Crippen molar-refractivity contribution in [2.45, 2.75) is 50.1 Å². The Kier molecular flexibility index (Phi) is 11.3. The van der Waals surface area contributed by atoms with E-state index in [1.165, 1.54) is 12.1 Å². The number of thioether (sulfide) groups is 1. The molecule has 36 heavy (non-hydrogen) atoms. The Bertz CT molecular complexity index is 1090. The van der Waals surface area contributed by atoms with E-state index in [0.29, 0.717) is 23.7 Å². The Morgan fingerprint density at radius 1 is 0.972 bits per heavy atom. The lowest BCUT2D eigenvalue weighted by molar-refractivity contribution is -0.141. The molecule has 0 heterocycles. The van der Waals surface area contributed by atoms with Crippen molar-refractivity contribution >= 4 is 35.2 Å². The number of nitrogens with zero attached hydrogens (tertiary/aromatic N) is 1. The van der Waals surface area contributed by atoms with Crippen molar-refractivity contribution in [1.82, 2.24) is 10.2 Å². The second-order valence-electron chi connectivity index (χ2n) is 8.55. The molecule has 1 unspecified atom stereocenters. The second-order valence-corrected chi connectivity index (χ2v) is 10.2. The van der Waals surface area contributed by atoms with Gasteiger partial charge in [0, 0.05) is 41.6 Å². The summed E-state index contributed by atoms with van der Waals surface area (Å²) in [4.78, 5) is 29.6. The van der Waals surface area contributed by atoms with E-state index in [1.807, 2.05) is 54.6 Å². The predicted octanol–water partition coefficient (Wildman–Crippen LogP) is 6.52. The molecular weight excluding hydrogens is 495 g/mol. The molecule has 0 spiro atoms. The highest BCUT2D eigenvalue weighted by molar-refractivity contribution is 7.99. The van der Waals surface area contributed by atoms with Crippen LogP contribution < -0.4 is 5.32 Å². The Morgan fingerprint density at radius 2 is 1.67 bits per heavy atom. The number of carbonyl (C=O) groups excluding carboxylic acids is 2. The van der Waals surface area contributed by atoms with E-state index in [0.717, 1.165) is 28.9 Å². The van der Waals surface area contributed by atoms with E-state index in [4.69, 9.17) is 11.6 Å². The van der Waals surface area contributed by atoms with Gasteiger partial charge in [-0.3, -0.25) is 9.59 Å². The molecule has 0 radical (unpaired) electrons. The quantitative estimate of drug-likeness (QED) is 0.204. The third kappa shape index (κ3) is 8.99. The van der Waals surface area contributed by atoms with Crippen LogP contribution in [0.1, 0.15) is 37.3 Å². The summed E-state index contributed by atoms with van der Waals surface area (Å²) in [6.07, 6.45) is 2.50. The van der Waals surface area contributed by atoms with E-state index < -0.39 is 6.04 Å². The molecule has 0 fully saturated rings. The number of hydrogen-bond acceptors (Lipinski definition) is 3. The first-order valence-corrected chi connectivity index (χ1v) is 13.6. The van der Waals surface area contributed by atoms with Gasteiger partial charge in [-0.2, -0.15) is 0 Å². The van der Waals surface area contributed by atoms with Crippen molar-refractivity contribution in [1.29, 1.82) is 0 Å². The van der Waals surface area contributed by atoms with Crippen LogP contribution in [0.2, 0.25) is 5.02 Å². The van der Waals surface area contributed by atoms with Gasteiger partial charge in [0.2, 0.25) is 11.8 Å². The lowest BCUT2D eigenvalue weighted by Crippen LogP contribution is -2.50. The molecular formula is C29H32ClFN2O2S. The molecule has 3 aromatic carbocycles. The van der Waals surface area contributed by atoms with Gasteiger partial charge in [0.1, 0.15) is 11.9 Å². The lowest BCUT2D eigenvalue weighted by atomic mass is 10.0. The minimum absolute atomic E-state index is 0.118. The fourth-order valence-electron chi connectivity index (χ4n) is 3.78. The minimum atomic E-state index is -0.678.